The van der Waals surface area contributed by atoms with Crippen LogP contribution < -0.4 is 5.43 Å². The fourth-order valence-corrected chi connectivity index (χ4v) is 1.29. The molecule has 1 aromatic carbocycles. The normalized spacial score (nSPS) is 10.7. The van der Waals surface area contributed by atoms with Crippen molar-refractivity contribution >= 4 is 12.1 Å². The van der Waals surface area contributed by atoms with Crippen LogP contribution in [0.3, 0.4) is 0 Å². The van der Waals surface area contributed by atoms with Crippen molar-refractivity contribution in [2.24, 2.45) is 5.10 Å². The number of phenols is 1. The number of hydrogen-bond donors (Lipinski definition) is 2. The summed E-state index contributed by atoms with van der Waals surface area (Å²) in [6.07, 6.45) is 1.35. The molecule has 0 aliphatic carbocycles. The van der Waals surface area contributed by atoms with E-state index in [2.05, 4.69) is 15.7 Å². The average molecular weight is 245 g/mol. The number of nitrogens with zero attached hydrogens (tertiary/aromatic N) is 2. The molecule has 1 heterocycles. The third kappa shape index (κ3) is 2.73. The van der Waals surface area contributed by atoms with Crippen LogP contribution in [0.5, 0.6) is 5.75 Å². The molecule has 92 valence electrons. The zero-order chi connectivity index (χ0) is 13.0. The van der Waals surface area contributed by atoms with E-state index in [4.69, 9.17) is 4.52 Å². The van der Waals surface area contributed by atoms with E-state index in [1.165, 1.54) is 18.3 Å². The number of aromatic nitrogens is 1. The first-order valence-electron chi connectivity index (χ1n) is 5.21. The summed E-state index contributed by atoms with van der Waals surface area (Å²) in [4.78, 5) is 11.5. The minimum atomic E-state index is -0.474. The number of aromatic hydroxyl groups is 1. The largest absolute Gasteiger partial charge is 0.507 e. The minimum absolute atomic E-state index is 0.0905. The Morgan fingerprint density at radius 2 is 2.28 bits per heavy atom. The lowest BCUT2D eigenvalue weighted by Crippen LogP contribution is -2.17. The van der Waals surface area contributed by atoms with Crippen molar-refractivity contribution in [3.05, 3.63) is 47.3 Å². The lowest BCUT2D eigenvalue weighted by molar-refractivity contribution is 0.0946. The first kappa shape index (κ1) is 11.8. The molecular formula is C12H11N3O3. The van der Waals surface area contributed by atoms with Crippen molar-refractivity contribution < 1.29 is 14.4 Å². The maximum absolute atomic E-state index is 11.5. The van der Waals surface area contributed by atoms with Gasteiger partial charge in [0.25, 0.3) is 5.91 Å². The lowest BCUT2D eigenvalue weighted by atomic mass is 10.2. The summed E-state index contributed by atoms with van der Waals surface area (Å²) in [6.45, 7) is 1.69. The van der Waals surface area contributed by atoms with Gasteiger partial charge in [0.05, 0.1) is 6.21 Å². The van der Waals surface area contributed by atoms with E-state index in [0.717, 1.165) is 0 Å². The van der Waals surface area contributed by atoms with Crippen molar-refractivity contribution in [3.8, 4) is 5.75 Å². The molecule has 2 aromatic rings. The summed E-state index contributed by atoms with van der Waals surface area (Å²) in [7, 11) is 0. The van der Waals surface area contributed by atoms with Gasteiger partial charge in [0, 0.05) is 11.6 Å². The van der Waals surface area contributed by atoms with E-state index < -0.39 is 5.91 Å². The molecule has 0 spiro atoms. The van der Waals surface area contributed by atoms with Crippen molar-refractivity contribution in [3.63, 3.8) is 0 Å². The first-order valence-corrected chi connectivity index (χ1v) is 5.21. The number of hydrogen-bond acceptors (Lipinski definition) is 5. The highest BCUT2D eigenvalue weighted by molar-refractivity contribution is 5.93. The highest BCUT2D eigenvalue weighted by Crippen LogP contribution is 2.12. The Morgan fingerprint density at radius 1 is 1.50 bits per heavy atom. The topological polar surface area (TPSA) is 87.7 Å². The van der Waals surface area contributed by atoms with Gasteiger partial charge < -0.3 is 9.63 Å². The van der Waals surface area contributed by atoms with Crippen molar-refractivity contribution in [2.75, 3.05) is 0 Å². The molecule has 6 heteroatoms. The van der Waals surface area contributed by atoms with E-state index in [0.29, 0.717) is 11.3 Å². The monoisotopic (exact) mass is 245 g/mol. The molecule has 0 saturated heterocycles. The van der Waals surface area contributed by atoms with E-state index in [1.807, 2.05) is 0 Å². The number of amides is 1. The van der Waals surface area contributed by atoms with E-state index in [-0.39, 0.29) is 11.4 Å². The Labute approximate surface area is 103 Å². The third-order valence-electron chi connectivity index (χ3n) is 2.17. The number of para-hydroxylation sites is 1. The van der Waals surface area contributed by atoms with Crippen molar-refractivity contribution in [2.45, 2.75) is 6.92 Å². The van der Waals surface area contributed by atoms with Gasteiger partial charge in [-0.2, -0.15) is 5.10 Å². The molecule has 18 heavy (non-hydrogen) atoms. The fraction of sp³-hybridized carbons (Fsp3) is 0.0833. The number of carbonyl (C=O) groups is 1. The van der Waals surface area contributed by atoms with Gasteiger partial charge in [-0.15, -0.1) is 0 Å². The Hall–Kier alpha value is -2.63. The summed E-state index contributed by atoms with van der Waals surface area (Å²) in [6, 6.07) is 8.16. The van der Waals surface area contributed by atoms with Gasteiger partial charge in [0.1, 0.15) is 11.5 Å². The van der Waals surface area contributed by atoms with Crippen molar-refractivity contribution in [1.29, 1.82) is 0 Å². The van der Waals surface area contributed by atoms with Crippen LogP contribution in [-0.2, 0) is 0 Å². The van der Waals surface area contributed by atoms with Gasteiger partial charge in [-0.05, 0) is 19.1 Å². The molecular weight excluding hydrogens is 234 g/mol. The van der Waals surface area contributed by atoms with Crippen LogP contribution in [0.25, 0.3) is 0 Å². The van der Waals surface area contributed by atoms with Crippen LogP contribution in [0.1, 0.15) is 21.8 Å². The zero-order valence-corrected chi connectivity index (χ0v) is 9.62. The van der Waals surface area contributed by atoms with Gasteiger partial charge in [-0.3, -0.25) is 4.79 Å². The zero-order valence-electron chi connectivity index (χ0n) is 9.62. The lowest BCUT2D eigenvalue weighted by Gasteiger charge is -1.97. The second-order valence-corrected chi connectivity index (χ2v) is 3.58. The molecule has 6 nitrogen and oxygen atoms in total. The second kappa shape index (κ2) is 5.13. The molecule has 0 fully saturated rings. The summed E-state index contributed by atoms with van der Waals surface area (Å²) in [5, 5.41) is 16.7. The fourth-order valence-electron chi connectivity index (χ4n) is 1.29. The van der Waals surface area contributed by atoms with Crippen LogP contribution in [-0.4, -0.2) is 22.4 Å². The van der Waals surface area contributed by atoms with E-state index in [9.17, 15) is 9.90 Å². The molecule has 0 aliphatic rings. The maximum atomic E-state index is 11.5. The Kier molecular flexibility index (Phi) is 3.38. The number of rotatable bonds is 3. The second-order valence-electron chi connectivity index (χ2n) is 3.58. The minimum Gasteiger partial charge on any atom is -0.507 e. The Bertz CT molecular complexity index is 590. The predicted molar refractivity (Wildman–Crippen MR) is 64.4 cm³/mol. The maximum Gasteiger partial charge on any atom is 0.293 e. The molecule has 1 amide bonds. The van der Waals surface area contributed by atoms with Crippen LogP contribution in [0, 0.1) is 6.92 Å². The molecule has 0 bridgehead atoms. The average Bonchev–Trinajstić information content (AvgIpc) is 2.78. The highest BCUT2D eigenvalue weighted by atomic mass is 16.5. The predicted octanol–water partition coefficient (Wildman–Crippen LogP) is 1.45. The third-order valence-corrected chi connectivity index (χ3v) is 2.17. The number of phenolic OH excluding ortho intramolecular Hbond substituents is 1. The van der Waals surface area contributed by atoms with Crippen molar-refractivity contribution in [1.82, 2.24) is 10.6 Å². The van der Waals surface area contributed by atoms with Gasteiger partial charge in [-0.1, -0.05) is 17.3 Å². The van der Waals surface area contributed by atoms with E-state index in [1.54, 1.807) is 25.1 Å². The molecule has 0 saturated carbocycles. The number of carbonyl (C=O) groups excluding carboxylic acids is 1. The van der Waals surface area contributed by atoms with E-state index >= 15 is 0 Å². The molecule has 1 aromatic heterocycles. The summed E-state index contributed by atoms with van der Waals surface area (Å²) < 4.78 is 4.77. The molecule has 0 unspecified atom stereocenters. The number of aryl methyl sites for hydroxylation is 1. The number of hydrazone groups is 1. The highest BCUT2D eigenvalue weighted by Gasteiger charge is 2.09. The molecule has 2 rings (SSSR count). The quantitative estimate of drug-likeness (QED) is 0.632. The van der Waals surface area contributed by atoms with Crippen LogP contribution >= 0.6 is 0 Å². The van der Waals surface area contributed by atoms with Gasteiger partial charge in [-0.25, -0.2) is 5.43 Å². The molecule has 0 aliphatic heterocycles. The van der Waals surface area contributed by atoms with Crippen LogP contribution in [0.15, 0.2) is 40.0 Å². The molecule has 0 atom stereocenters. The molecule has 2 N–H and O–H groups in total. The Balaban J connectivity index is 2.00. The summed E-state index contributed by atoms with van der Waals surface area (Å²) in [5.41, 5.74) is 2.95. The SMILES string of the molecule is Cc1cc(C(=O)NN=Cc2ccccc2O)no1. The van der Waals surface area contributed by atoms with Gasteiger partial charge in [0.2, 0.25) is 0 Å². The van der Waals surface area contributed by atoms with Gasteiger partial charge in [0.15, 0.2) is 5.69 Å². The van der Waals surface area contributed by atoms with Gasteiger partial charge >= 0.3 is 0 Å². The summed E-state index contributed by atoms with van der Waals surface area (Å²) in [5.74, 6) is 0.163. The smallest absolute Gasteiger partial charge is 0.293 e. The van der Waals surface area contributed by atoms with Crippen LogP contribution in [0.4, 0.5) is 0 Å². The number of nitrogens with one attached hydrogen (secondary N) is 1. The molecule has 0 radical (unpaired) electrons. The summed E-state index contributed by atoms with van der Waals surface area (Å²) >= 11 is 0. The standard InChI is InChI=1S/C12H11N3O3/c1-8-6-10(15-18-8)12(17)14-13-7-9-4-2-3-5-11(9)16/h2-7,16H,1H3,(H,14,17). The first-order chi connectivity index (χ1) is 8.66. The Morgan fingerprint density at radius 3 is 2.94 bits per heavy atom. The van der Waals surface area contributed by atoms with Crippen LogP contribution in [0.2, 0.25) is 0 Å². The number of benzene rings is 1.